The van der Waals surface area contributed by atoms with Crippen LogP contribution in [0.5, 0.6) is 0 Å². The molecule has 28 heavy (non-hydrogen) atoms. The number of allylic oxidation sites excluding steroid dienone is 1. The normalized spacial score (nSPS) is 19.5. The first kappa shape index (κ1) is 20.1. The number of hydrogen-bond donors (Lipinski definition) is 1. The molecule has 1 atom stereocenters. The lowest BCUT2D eigenvalue weighted by atomic mass is 9.94. The van der Waals surface area contributed by atoms with Gasteiger partial charge in [-0.05, 0) is 31.4 Å². The van der Waals surface area contributed by atoms with Crippen LogP contribution in [0, 0.1) is 10.1 Å². The minimum atomic E-state index is -0.881. The molecule has 10 heteroatoms. The summed E-state index contributed by atoms with van der Waals surface area (Å²) in [5.41, 5.74) is 0.788. The number of urea groups is 1. The van der Waals surface area contributed by atoms with E-state index in [2.05, 4.69) is 5.32 Å². The van der Waals surface area contributed by atoms with E-state index >= 15 is 0 Å². The number of esters is 1. The van der Waals surface area contributed by atoms with Gasteiger partial charge < -0.3 is 14.8 Å². The molecule has 0 bridgehead atoms. The van der Waals surface area contributed by atoms with Gasteiger partial charge in [-0.1, -0.05) is 17.7 Å². The van der Waals surface area contributed by atoms with Gasteiger partial charge in [0.1, 0.15) is 11.6 Å². The Morgan fingerprint density at radius 3 is 2.71 bits per heavy atom. The van der Waals surface area contributed by atoms with Crippen molar-refractivity contribution in [1.82, 2.24) is 10.2 Å². The molecule has 0 radical (unpaired) electrons. The summed E-state index contributed by atoms with van der Waals surface area (Å²) in [4.78, 5) is 37.6. The number of methoxy groups -OCH3 is 1. The summed E-state index contributed by atoms with van der Waals surface area (Å²) >= 11 is 5.89. The van der Waals surface area contributed by atoms with Gasteiger partial charge in [-0.25, -0.2) is 9.59 Å². The highest BCUT2D eigenvalue weighted by Crippen LogP contribution is 2.39. The molecular weight excluding hydrogens is 390 g/mol. The highest BCUT2D eigenvalue weighted by molar-refractivity contribution is 6.32. The van der Waals surface area contributed by atoms with Gasteiger partial charge in [-0.3, -0.25) is 15.0 Å². The Morgan fingerprint density at radius 1 is 1.39 bits per heavy atom. The van der Waals surface area contributed by atoms with E-state index in [0.29, 0.717) is 11.3 Å². The number of carbonyl (C=O) groups excluding carboxylic acids is 2. The fraction of sp³-hybridized carbons (Fsp3) is 0.444. The SMILES string of the molecule is COCCOC(=O)C1=C(C)N(C2CC2)C(=O)N[C@@H]1c1ccc(Cl)c([N+](=O)[O-])c1. The summed E-state index contributed by atoms with van der Waals surface area (Å²) < 4.78 is 10.2. The third-order valence-corrected chi connectivity index (χ3v) is 5.00. The predicted octanol–water partition coefficient (Wildman–Crippen LogP) is 2.94. The van der Waals surface area contributed by atoms with Gasteiger partial charge >= 0.3 is 12.0 Å². The first-order chi connectivity index (χ1) is 13.3. The van der Waals surface area contributed by atoms with E-state index in [1.807, 2.05) is 0 Å². The molecule has 1 aliphatic carbocycles. The lowest BCUT2D eigenvalue weighted by Gasteiger charge is -2.35. The number of nitro benzene ring substituents is 1. The van der Waals surface area contributed by atoms with E-state index < -0.39 is 16.9 Å². The van der Waals surface area contributed by atoms with Crippen molar-refractivity contribution in [3.05, 3.63) is 50.2 Å². The van der Waals surface area contributed by atoms with Crippen molar-refractivity contribution in [2.75, 3.05) is 20.3 Å². The summed E-state index contributed by atoms with van der Waals surface area (Å²) in [5, 5.41) is 14.0. The average Bonchev–Trinajstić information content (AvgIpc) is 3.46. The number of benzene rings is 1. The fourth-order valence-corrected chi connectivity index (χ4v) is 3.38. The van der Waals surface area contributed by atoms with E-state index in [1.54, 1.807) is 17.9 Å². The molecule has 1 aliphatic heterocycles. The molecule has 1 aromatic carbocycles. The molecule has 1 fully saturated rings. The first-order valence-corrected chi connectivity index (χ1v) is 9.13. The van der Waals surface area contributed by atoms with E-state index in [-0.39, 0.29) is 41.6 Å². The number of amides is 2. The molecule has 9 nitrogen and oxygen atoms in total. The highest BCUT2D eigenvalue weighted by Gasteiger charge is 2.42. The van der Waals surface area contributed by atoms with Crippen LogP contribution in [-0.4, -0.2) is 48.2 Å². The molecule has 1 saturated carbocycles. The van der Waals surface area contributed by atoms with E-state index in [1.165, 1.54) is 19.2 Å². The van der Waals surface area contributed by atoms with Crippen LogP contribution in [0.4, 0.5) is 10.5 Å². The molecular formula is C18H20ClN3O6. The third kappa shape index (κ3) is 3.95. The van der Waals surface area contributed by atoms with Gasteiger partial charge in [0.25, 0.3) is 5.69 Å². The van der Waals surface area contributed by atoms with Gasteiger partial charge in [0.15, 0.2) is 0 Å². The van der Waals surface area contributed by atoms with Crippen molar-refractivity contribution in [1.29, 1.82) is 0 Å². The predicted molar refractivity (Wildman–Crippen MR) is 99.8 cm³/mol. The summed E-state index contributed by atoms with van der Waals surface area (Å²) in [6, 6.07) is 2.99. The van der Waals surface area contributed by atoms with Crippen LogP contribution in [0.25, 0.3) is 0 Å². The topological polar surface area (TPSA) is 111 Å². The van der Waals surface area contributed by atoms with Gasteiger partial charge in [0.2, 0.25) is 0 Å². The average molecular weight is 410 g/mol. The number of rotatable bonds is 7. The summed E-state index contributed by atoms with van der Waals surface area (Å²) in [6.45, 7) is 1.96. The summed E-state index contributed by atoms with van der Waals surface area (Å²) in [6.07, 6.45) is 1.71. The Kier molecular flexibility index (Phi) is 5.85. The van der Waals surface area contributed by atoms with E-state index in [0.717, 1.165) is 12.8 Å². The zero-order valence-electron chi connectivity index (χ0n) is 15.4. The molecule has 1 aromatic rings. The lowest BCUT2D eigenvalue weighted by molar-refractivity contribution is -0.384. The minimum absolute atomic E-state index is 0.0274. The van der Waals surface area contributed by atoms with Crippen molar-refractivity contribution in [3.63, 3.8) is 0 Å². The second-order valence-corrected chi connectivity index (χ2v) is 6.99. The van der Waals surface area contributed by atoms with Crippen LogP contribution >= 0.6 is 11.6 Å². The zero-order valence-corrected chi connectivity index (χ0v) is 16.2. The van der Waals surface area contributed by atoms with Crippen LogP contribution < -0.4 is 5.32 Å². The highest BCUT2D eigenvalue weighted by atomic mass is 35.5. The van der Waals surface area contributed by atoms with Gasteiger partial charge in [0, 0.05) is 24.9 Å². The zero-order chi connectivity index (χ0) is 20.4. The molecule has 150 valence electrons. The Bertz CT molecular complexity index is 852. The molecule has 2 aliphatic rings. The largest absolute Gasteiger partial charge is 0.460 e. The number of nitrogens with one attached hydrogen (secondary N) is 1. The van der Waals surface area contributed by atoms with Gasteiger partial charge in [-0.2, -0.15) is 0 Å². The van der Waals surface area contributed by atoms with Crippen LogP contribution in [0.1, 0.15) is 31.4 Å². The Labute approximate surface area is 166 Å². The first-order valence-electron chi connectivity index (χ1n) is 8.75. The van der Waals surface area contributed by atoms with Crippen molar-refractivity contribution in [2.45, 2.75) is 31.8 Å². The Balaban J connectivity index is 2.02. The van der Waals surface area contributed by atoms with Crippen molar-refractivity contribution in [3.8, 4) is 0 Å². The maximum absolute atomic E-state index is 12.8. The number of nitro groups is 1. The maximum atomic E-state index is 12.8. The second-order valence-electron chi connectivity index (χ2n) is 6.58. The molecule has 0 unspecified atom stereocenters. The summed E-state index contributed by atoms with van der Waals surface area (Å²) in [7, 11) is 1.49. The standard InChI is InChI=1S/C18H20ClN3O6/c1-10-15(17(23)28-8-7-27-2)16(20-18(24)21(10)12-4-5-12)11-3-6-13(19)14(9-11)22(25)26/h3,6,9,12,16H,4-5,7-8H2,1-2H3,(H,20,24)/t16-/m1/s1. The van der Waals surface area contributed by atoms with Crippen LogP contribution in [0.15, 0.2) is 29.5 Å². The van der Waals surface area contributed by atoms with Crippen molar-refractivity contribution in [2.24, 2.45) is 0 Å². The van der Waals surface area contributed by atoms with E-state index in [4.69, 9.17) is 21.1 Å². The molecule has 0 spiro atoms. The lowest BCUT2D eigenvalue weighted by Crippen LogP contribution is -2.49. The maximum Gasteiger partial charge on any atom is 0.338 e. The monoisotopic (exact) mass is 409 g/mol. The Morgan fingerprint density at radius 2 is 2.11 bits per heavy atom. The number of ether oxygens (including phenoxy) is 2. The molecule has 0 aromatic heterocycles. The van der Waals surface area contributed by atoms with Crippen molar-refractivity contribution < 1.29 is 24.0 Å². The number of halogens is 1. The minimum Gasteiger partial charge on any atom is -0.460 e. The van der Waals surface area contributed by atoms with Crippen LogP contribution in [0.2, 0.25) is 5.02 Å². The molecule has 2 amide bonds. The molecule has 3 rings (SSSR count). The quantitative estimate of drug-likeness (QED) is 0.321. The third-order valence-electron chi connectivity index (χ3n) is 4.68. The van der Waals surface area contributed by atoms with E-state index in [9.17, 15) is 19.7 Å². The van der Waals surface area contributed by atoms with Crippen LogP contribution in [0.3, 0.4) is 0 Å². The van der Waals surface area contributed by atoms with Crippen molar-refractivity contribution >= 4 is 29.3 Å². The summed E-state index contributed by atoms with van der Waals surface area (Å²) in [5.74, 6) is -0.609. The smallest absolute Gasteiger partial charge is 0.338 e. The molecule has 0 saturated heterocycles. The van der Waals surface area contributed by atoms with Crippen LogP contribution in [-0.2, 0) is 14.3 Å². The fourth-order valence-electron chi connectivity index (χ4n) is 3.19. The number of carbonyl (C=O) groups is 2. The molecule has 1 heterocycles. The number of nitrogens with zero attached hydrogens (tertiary/aromatic N) is 2. The Hall–Kier alpha value is -2.65. The second kappa shape index (κ2) is 8.15. The molecule has 1 N–H and O–H groups in total. The van der Waals surface area contributed by atoms with Gasteiger partial charge in [0.05, 0.1) is 23.1 Å². The number of hydrogen-bond acceptors (Lipinski definition) is 6. The van der Waals surface area contributed by atoms with Gasteiger partial charge in [-0.15, -0.1) is 0 Å².